The third-order valence-corrected chi connectivity index (χ3v) is 6.48. The van der Waals surface area contributed by atoms with Gasteiger partial charge in [0.1, 0.15) is 0 Å². The molecule has 0 aromatic heterocycles. The summed E-state index contributed by atoms with van der Waals surface area (Å²) in [6.07, 6.45) is 5.27. The molecule has 2 aromatic rings. The van der Waals surface area contributed by atoms with Crippen LogP contribution in [-0.4, -0.2) is 17.7 Å². The summed E-state index contributed by atoms with van der Waals surface area (Å²) in [5.41, 5.74) is 1.82. The SMILES string of the molecule is O=C(Cc1ccccc1)Nc1ccc(N2C(=O)[C@H]3[C@H](C2=O)[C@H]2C=C[C@H]3C2)cc1Cl. The van der Waals surface area contributed by atoms with E-state index in [0.29, 0.717) is 16.4 Å². The smallest absolute Gasteiger partial charge is 0.238 e. The number of anilines is 2. The number of halogens is 1. The monoisotopic (exact) mass is 406 g/mol. The number of nitrogens with zero attached hydrogens (tertiary/aromatic N) is 1. The minimum atomic E-state index is -0.249. The molecule has 0 radical (unpaired) electrons. The Labute approximate surface area is 173 Å². The van der Waals surface area contributed by atoms with E-state index >= 15 is 0 Å². The average molecular weight is 407 g/mol. The zero-order valence-corrected chi connectivity index (χ0v) is 16.3. The van der Waals surface area contributed by atoms with Crippen molar-refractivity contribution < 1.29 is 14.4 Å². The third-order valence-electron chi connectivity index (χ3n) is 6.16. The van der Waals surface area contributed by atoms with Gasteiger partial charge in [0.2, 0.25) is 17.7 Å². The molecule has 5 rings (SSSR count). The van der Waals surface area contributed by atoms with Crippen LogP contribution in [0.3, 0.4) is 0 Å². The quantitative estimate of drug-likeness (QED) is 0.619. The highest BCUT2D eigenvalue weighted by atomic mass is 35.5. The maximum Gasteiger partial charge on any atom is 0.238 e. The first-order valence-electron chi connectivity index (χ1n) is 9.72. The lowest BCUT2D eigenvalue weighted by atomic mass is 9.85. The van der Waals surface area contributed by atoms with Crippen LogP contribution in [0.1, 0.15) is 12.0 Å². The lowest BCUT2D eigenvalue weighted by molar-refractivity contribution is -0.123. The number of imide groups is 1. The van der Waals surface area contributed by atoms with Crippen molar-refractivity contribution in [3.8, 4) is 0 Å². The van der Waals surface area contributed by atoms with E-state index in [9.17, 15) is 14.4 Å². The normalized spacial score (nSPS) is 26.9. The van der Waals surface area contributed by atoms with Crippen LogP contribution in [0, 0.1) is 23.7 Å². The van der Waals surface area contributed by atoms with E-state index in [1.54, 1.807) is 18.2 Å². The van der Waals surface area contributed by atoms with E-state index in [4.69, 9.17) is 11.6 Å². The van der Waals surface area contributed by atoms with Crippen LogP contribution in [0.25, 0.3) is 0 Å². The molecule has 146 valence electrons. The molecule has 1 N–H and O–H groups in total. The Morgan fingerprint density at radius 1 is 1.00 bits per heavy atom. The van der Waals surface area contributed by atoms with Crippen LogP contribution < -0.4 is 10.2 Å². The molecule has 5 nitrogen and oxygen atoms in total. The molecule has 1 heterocycles. The predicted molar refractivity (Wildman–Crippen MR) is 110 cm³/mol. The predicted octanol–water partition coefficient (Wildman–Crippen LogP) is 3.83. The number of rotatable bonds is 4. The topological polar surface area (TPSA) is 66.5 Å². The van der Waals surface area contributed by atoms with Crippen molar-refractivity contribution in [1.29, 1.82) is 0 Å². The summed E-state index contributed by atoms with van der Waals surface area (Å²) < 4.78 is 0. The summed E-state index contributed by atoms with van der Waals surface area (Å²) in [7, 11) is 0. The maximum atomic E-state index is 12.9. The van der Waals surface area contributed by atoms with Gasteiger partial charge in [0, 0.05) is 0 Å². The summed E-state index contributed by atoms with van der Waals surface area (Å²) in [6.45, 7) is 0. The summed E-state index contributed by atoms with van der Waals surface area (Å²) in [5, 5.41) is 3.09. The summed E-state index contributed by atoms with van der Waals surface area (Å²) in [5.74, 6) is -0.640. The van der Waals surface area contributed by atoms with Crippen LogP contribution in [0.15, 0.2) is 60.7 Å². The van der Waals surface area contributed by atoms with Crippen LogP contribution >= 0.6 is 11.6 Å². The Hall–Kier alpha value is -2.92. The Morgan fingerprint density at radius 3 is 2.28 bits per heavy atom. The number of hydrogen-bond donors (Lipinski definition) is 1. The zero-order chi connectivity index (χ0) is 20.1. The molecule has 2 aliphatic carbocycles. The van der Waals surface area contributed by atoms with Gasteiger partial charge in [0.05, 0.1) is 34.7 Å². The first-order chi connectivity index (χ1) is 14.0. The molecule has 3 aliphatic rings. The maximum absolute atomic E-state index is 12.9. The van der Waals surface area contributed by atoms with Crippen molar-refractivity contribution >= 4 is 40.7 Å². The van der Waals surface area contributed by atoms with Gasteiger partial charge in [-0.1, -0.05) is 54.1 Å². The van der Waals surface area contributed by atoms with Gasteiger partial charge in [0.15, 0.2) is 0 Å². The minimum absolute atomic E-state index is 0.145. The molecular weight excluding hydrogens is 388 g/mol. The van der Waals surface area contributed by atoms with Gasteiger partial charge in [-0.2, -0.15) is 0 Å². The summed E-state index contributed by atoms with van der Waals surface area (Å²) in [4.78, 5) is 39.4. The number of fused-ring (bicyclic) bond motifs is 5. The van der Waals surface area contributed by atoms with Gasteiger partial charge in [0.25, 0.3) is 0 Å². The van der Waals surface area contributed by atoms with E-state index in [-0.39, 0.29) is 47.8 Å². The lowest BCUT2D eigenvalue weighted by Crippen LogP contribution is -2.32. The number of amides is 3. The molecule has 0 spiro atoms. The lowest BCUT2D eigenvalue weighted by Gasteiger charge is -2.18. The number of hydrogen-bond acceptors (Lipinski definition) is 3. The van der Waals surface area contributed by atoms with Gasteiger partial charge in [-0.15, -0.1) is 0 Å². The van der Waals surface area contributed by atoms with Gasteiger partial charge in [-0.05, 0) is 42.0 Å². The molecule has 2 aromatic carbocycles. The van der Waals surface area contributed by atoms with Crippen LogP contribution in [-0.2, 0) is 20.8 Å². The summed E-state index contributed by atoms with van der Waals surface area (Å²) in [6, 6.07) is 14.3. The van der Waals surface area contributed by atoms with E-state index < -0.39 is 0 Å². The molecule has 6 heteroatoms. The van der Waals surface area contributed by atoms with Crippen molar-refractivity contribution in [2.45, 2.75) is 12.8 Å². The molecule has 4 atom stereocenters. The van der Waals surface area contributed by atoms with E-state index in [1.807, 2.05) is 30.3 Å². The van der Waals surface area contributed by atoms with E-state index in [2.05, 4.69) is 17.5 Å². The Kier molecular flexibility index (Phi) is 4.28. The van der Waals surface area contributed by atoms with E-state index in [1.165, 1.54) is 4.90 Å². The second kappa shape index (κ2) is 6.85. The van der Waals surface area contributed by atoms with Gasteiger partial charge < -0.3 is 5.32 Å². The molecule has 3 amide bonds. The minimum Gasteiger partial charge on any atom is -0.324 e. The number of benzene rings is 2. The van der Waals surface area contributed by atoms with Crippen molar-refractivity contribution in [3.63, 3.8) is 0 Å². The highest BCUT2D eigenvalue weighted by Crippen LogP contribution is 2.53. The molecule has 1 aliphatic heterocycles. The second-order valence-electron chi connectivity index (χ2n) is 7.89. The van der Waals surface area contributed by atoms with Gasteiger partial charge in [-0.3, -0.25) is 14.4 Å². The van der Waals surface area contributed by atoms with Crippen molar-refractivity contribution in [3.05, 3.63) is 71.3 Å². The average Bonchev–Trinajstić information content (AvgIpc) is 3.38. The van der Waals surface area contributed by atoms with Crippen molar-refractivity contribution in [2.75, 3.05) is 10.2 Å². The molecule has 2 bridgehead atoms. The van der Waals surface area contributed by atoms with Crippen LogP contribution in [0.4, 0.5) is 11.4 Å². The second-order valence-corrected chi connectivity index (χ2v) is 8.29. The largest absolute Gasteiger partial charge is 0.324 e. The highest BCUT2D eigenvalue weighted by molar-refractivity contribution is 6.34. The van der Waals surface area contributed by atoms with Crippen molar-refractivity contribution in [2.24, 2.45) is 23.7 Å². The number of carbonyl (C=O) groups is 3. The fraction of sp³-hybridized carbons (Fsp3) is 0.261. The first kappa shape index (κ1) is 18.1. The summed E-state index contributed by atoms with van der Waals surface area (Å²) >= 11 is 6.36. The van der Waals surface area contributed by atoms with E-state index in [0.717, 1.165) is 12.0 Å². The van der Waals surface area contributed by atoms with Gasteiger partial charge >= 0.3 is 0 Å². The van der Waals surface area contributed by atoms with Gasteiger partial charge in [-0.25, -0.2) is 4.90 Å². The zero-order valence-electron chi connectivity index (χ0n) is 15.5. The molecule has 0 unspecified atom stereocenters. The van der Waals surface area contributed by atoms with Crippen molar-refractivity contribution in [1.82, 2.24) is 0 Å². The molecule has 2 fully saturated rings. The Balaban J connectivity index is 1.33. The number of nitrogens with one attached hydrogen (secondary N) is 1. The first-order valence-corrected chi connectivity index (χ1v) is 10.1. The third kappa shape index (κ3) is 2.97. The fourth-order valence-corrected chi connectivity index (χ4v) is 5.10. The molecule has 29 heavy (non-hydrogen) atoms. The number of carbonyl (C=O) groups excluding carboxylic acids is 3. The van der Waals surface area contributed by atoms with Crippen LogP contribution in [0.5, 0.6) is 0 Å². The molecular formula is C23H19ClN2O3. The number of allylic oxidation sites excluding steroid dienone is 2. The highest BCUT2D eigenvalue weighted by Gasteiger charge is 2.59. The Bertz CT molecular complexity index is 1020. The fourth-order valence-electron chi connectivity index (χ4n) is 4.88. The standard InChI is InChI=1S/C23H19ClN2O3/c24-17-12-16(8-9-18(17)25-19(27)10-13-4-2-1-3-5-13)26-22(28)20-14-6-7-15(11-14)21(20)23(26)29/h1-9,12,14-15,20-21H,10-11H2,(H,25,27)/t14-,15-,20+,21+/m0/s1. The molecule has 1 saturated carbocycles. The van der Waals surface area contributed by atoms with Crippen LogP contribution in [0.2, 0.25) is 5.02 Å². The Morgan fingerprint density at radius 2 is 1.66 bits per heavy atom. The molecule has 1 saturated heterocycles.